The highest BCUT2D eigenvalue weighted by atomic mass is 32.2. The zero-order chi connectivity index (χ0) is 14.4. The van der Waals surface area contributed by atoms with Gasteiger partial charge in [0, 0.05) is 25.8 Å². The van der Waals surface area contributed by atoms with E-state index in [1.54, 1.807) is 25.3 Å². The molecule has 1 amide bonds. The molecule has 0 radical (unpaired) electrons. The van der Waals surface area contributed by atoms with E-state index in [9.17, 15) is 9.18 Å². The van der Waals surface area contributed by atoms with Gasteiger partial charge in [-0.1, -0.05) is 18.2 Å². The lowest BCUT2D eigenvalue weighted by molar-refractivity contribution is -0.122. The van der Waals surface area contributed by atoms with Crippen molar-refractivity contribution < 1.29 is 13.9 Å². The van der Waals surface area contributed by atoms with Gasteiger partial charge in [0.2, 0.25) is 5.91 Å². The second kappa shape index (κ2) is 7.09. The maximum Gasteiger partial charge on any atom is 0.220 e. The number of hydrogen-bond acceptors (Lipinski definition) is 3. The van der Waals surface area contributed by atoms with Crippen LogP contribution in [-0.4, -0.2) is 36.7 Å². The van der Waals surface area contributed by atoms with Gasteiger partial charge >= 0.3 is 0 Å². The molecule has 2 rings (SSSR count). The fourth-order valence-electron chi connectivity index (χ4n) is 2.26. The predicted octanol–water partition coefficient (Wildman–Crippen LogP) is 2.40. The van der Waals surface area contributed by atoms with Gasteiger partial charge in [-0.05, 0) is 30.2 Å². The Morgan fingerprint density at radius 2 is 2.30 bits per heavy atom. The van der Waals surface area contributed by atoms with Crippen LogP contribution < -0.4 is 5.32 Å². The summed E-state index contributed by atoms with van der Waals surface area (Å²) in [6.07, 6.45) is 1.68. The number of thioether (sulfide) groups is 1. The summed E-state index contributed by atoms with van der Waals surface area (Å²) in [7, 11) is 1.69. The summed E-state index contributed by atoms with van der Waals surface area (Å²) in [5.41, 5.74) is 0.360. The minimum Gasteiger partial charge on any atom is -0.376 e. The Kier molecular flexibility index (Phi) is 5.43. The van der Waals surface area contributed by atoms with Crippen LogP contribution in [0.3, 0.4) is 0 Å². The third kappa shape index (κ3) is 3.96. The van der Waals surface area contributed by atoms with Gasteiger partial charge in [-0.15, -0.1) is 0 Å². The number of carbonyl (C=O) groups excluding carboxylic acids is 1. The van der Waals surface area contributed by atoms with Crippen LogP contribution >= 0.6 is 11.8 Å². The Hall–Kier alpha value is -1.07. The van der Waals surface area contributed by atoms with Gasteiger partial charge in [0.1, 0.15) is 5.82 Å². The fraction of sp³-hybridized carbons (Fsp3) is 0.533. The van der Waals surface area contributed by atoms with Crippen LogP contribution in [0, 0.1) is 5.82 Å². The first-order valence-corrected chi connectivity index (χ1v) is 7.94. The normalized spacial score (nSPS) is 21.9. The molecule has 0 aliphatic carbocycles. The molecule has 1 aliphatic heterocycles. The van der Waals surface area contributed by atoms with Gasteiger partial charge in [-0.25, -0.2) is 4.39 Å². The van der Waals surface area contributed by atoms with E-state index in [4.69, 9.17) is 4.74 Å². The van der Waals surface area contributed by atoms with Crippen LogP contribution in [0.25, 0.3) is 0 Å². The minimum absolute atomic E-state index is 0.0541. The third-order valence-corrected chi connectivity index (χ3v) is 4.91. The lowest BCUT2D eigenvalue weighted by Gasteiger charge is -2.26. The quantitative estimate of drug-likeness (QED) is 0.876. The number of hydrogen-bond donors (Lipinski definition) is 1. The Balaban J connectivity index is 1.77. The maximum atomic E-state index is 13.4. The molecule has 0 bridgehead atoms. The molecule has 0 spiro atoms. The third-order valence-electron chi connectivity index (χ3n) is 3.69. The molecule has 0 aromatic heterocycles. The molecule has 1 saturated heterocycles. The van der Waals surface area contributed by atoms with E-state index in [2.05, 4.69) is 5.32 Å². The Labute approximate surface area is 123 Å². The van der Waals surface area contributed by atoms with Crippen molar-refractivity contribution in [1.29, 1.82) is 0 Å². The summed E-state index contributed by atoms with van der Waals surface area (Å²) >= 11 is 1.84. The van der Waals surface area contributed by atoms with Gasteiger partial charge in [0.25, 0.3) is 0 Å². The number of carbonyl (C=O) groups is 1. The van der Waals surface area contributed by atoms with Gasteiger partial charge < -0.3 is 10.1 Å². The van der Waals surface area contributed by atoms with Gasteiger partial charge in [0.05, 0.1) is 5.60 Å². The molecular weight excluding hydrogens is 277 g/mol. The number of halogens is 1. The molecule has 0 saturated carbocycles. The molecule has 1 aliphatic rings. The van der Waals surface area contributed by atoms with Crippen molar-refractivity contribution in [1.82, 2.24) is 5.32 Å². The molecule has 110 valence electrons. The SMILES string of the molecule is COC1(CNC(=O)CCc2ccccc2F)CCSC1. The van der Waals surface area contributed by atoms with Crippen molar-refractivity contribution in [2.45, 2.75) is 24.9 Å². The smallest absolute Gasteiger partial charge is 0.220 e. The van der Waals surface area contributed by atoms with E-state index < -0.39 is 0 Å². The number of rotatable bonds is 6. The van der Waals surface area contributed by atoms with Crippen LogP contribution in [0.5, 0.6) is 0 Å². The molecule has 1 atom stereocenters. The summed E-state index contributed by atoms with van der Waals surface area (Å²) in [6.45, 7) is 0.534. The van der Waals surface area contributed by atoms with Crippen molar-refractivity contribution >= 4 is 17.7 Å². The number of aryl methyl sites for hydroxylation is 1. The van der Waals surface area contributed by atoms with Crippen molar-refractivity contribution in [3.63, 3.8) is 0 Å². The second-order valence-corrected chi connectivity index (χ2v) is 6.16. The molecule has 20 heavy (non-hydrogen) atoms. The average Bonchev–Trinajstić information content (AvgIpc) is 2.94. The van der Waals surface area contributed by atoms with Gasteiger partial charge in [-0.2, -0.15) is 11.8 Å². The molecule has 1 fully saturated rings. The summed E-state index contributed by atoms with van der Waals surface area (Å²) in [5, 5.41) is 2.91. The van der Waals surface area contributed by atoms with E-state index in [0.29, 0.717) is 24.9 Å². The van der Waals surface area contributed by atoms with Crippen molar-refractivity contribution in [2.24, 2.45) is 0 Å². The van der Waals surface area contributed by atoms with E-state index >= 15 is 0 Å². The van der Waals surface area contributed by atoms with E-state index in [-0.39, 0.29) is 17.3 Å². The first-order valence-electron chi connectivity index (χ1n) is 6.78. The molecule has 1 N–H and O–H groups in total. The lowest BCUT2D eigenvalue weighted by Crippen LogP contribution is -2.44. The summed E-state index contributed by atoms with van der Waals surface area (Å²) < 4.78 is 19.0. The number of methoxy groups -OCH3 is 1. The van der Waals surface area contributed by atoms with Gasteiger partial charge in [0.15, 0.2) is 0 Å². The van der Waals surface area contributed by atoms with Crippen LogP contribution in [-0.2, 0) is 16.0 Å². The highest BCUT2D eigenvalue weighted by Crippen LogP contribution is 2.30. The number of ether oxygens (including phenoxy) is 1. The van der Waals surface area contributed by atoms with Crippen LogP contribution in [0.15, 0.2) is 24.3 Å². The maximum absolute atomic E-state index is 13.4. The molecule has 5 heteroatoms. The monoisotopic (exact) mass is 297 g/mol. The van der Waals surface area contributed by atoms with E-state index in [1.165, 1.54) is 6.07 Å². The highest BCUT2D eigenvalue weighted by molar-refractivity contribution is 7.99. The Morgan fingerprint density at radius 1 is 1.50 bits per heavy atom. The Bertz CT molecular complexity index is 461. The Morgan fingerprint density at radius 3 is 2.95 bits per heavy atom. The zero-order valence-electron chi connectivity index (χ0n) is 11.7. The van der Waals surface area contributed by atoms with E-state index in [1.807, 2.05) is 11.8 Å². The molecule has 1 unspecified atom stereocenters. The molecule has 3 nitrogen and oxygen atoms in total. The van der Waals surface area contributed by atoms with Crippen LogP contribution in [0.4, 0.5) is 4.39 Å². The summed E-state index contributed by atoms with van der Waals surface area (Å²) in [6, 6.07) is 6.57. The topological polar surface area (TPSA) is 38.3 Å². The number of benzene rings is 1. The standard InChI is InChI=1S/C15H20FNO2S/c1-19-15(8-9-20-11-15)10-17-14(18)7-6-12-4-2-3-5-13(12)16/h2-5H,6-11H2,1H3,(H,17,18). The zero-order valence-corrected chi connectivity index (χ0v) is 12.5. The fourth-order valence-corrected chi connectivity index (χ4v) is 3.66. The first kappa shape index (κ1) is 15.3. The van der Waals surface area contributed by atoms with Gasteiger partial charge in [-0.3, -0.25) is 4.79 Å². The highest BCUT2D eigenvalue weighted by Gasteiger charge is 2.34. The molecule has 1 aromatic rings. The summed E-state index contributed by atoms with van der Waals surface area (Å²) in [5.74, 6) is 1.68. The van der Waals surface area contributed by atoms with Crippen LogP contribution in [0.1, 0.15) is 18.4 Å². The van der Waals surface area contributed by atoms with E-state index in [0.717, 1.165) is 17.9 Å². The molecule has 1 heterocycles. The van der Waals surface area contributed by atoms with Crippen LogP contribution in [0.2, 0.25) is 0 Å². The second-order valence-electron chi connectivity index (χ2n) is 5.06. The molecule has 1 aromatic carbocycles. The number of amides is 1. The minimum atomic E-state index is -0.249. The number of nitrogens with one attached hydrogen (secondary N) is 1. The lowest BCUT2D eigenvalue weighted by atomic mass is 10.0. The van der Waals surface area contributed by atoms with Crippen molar-refractivity contribution in [3.05, 3.63) is 35.6 Å². The molecular formula is C15H20FNO2S. The summed E-state index contributed by atoms with van der Waals surface area (Å²) in [4.78, 5) is 11.8. The first-order chi connectivity index (χ1) is 9.65. The van der Waals surface area contributed by atoms with Crippen molar-refractivity contribution in [3.8, 4) is 0 Å². The predicted molar refractivity (Wildman–Crippen MR) is 79.4 cm³/mol. The largest absolute Gasteiger partial charge is 0.376 e. The van der Waals surface area contributed by atoms with Crippen molar-refractivity contribution in [2.75, 3.05) is 25.2 Å². The average molecular weight is 297 g/mol.